The minimum Gasteiger partial charge on any atom is -0.493 e. The fourth-order valence-corrected chi connectivity index (χ4v) is 3.47. The summed E-state index contributed by atoms with van der Waals surface area (Å²) < 4.78 is 5.68. The van der Waals surface area contributed by atoms with Gasteiger partial charge < -0.3 is 15.4 Å². The van der Waals surface area contributed by atoms with Crippen molar-refractivity contribution >= 4 is 5.91 Å². The summed E-state index contributed by atoms with van der Waals surface area (Å²) in [6.45, 7) is 5.33. The molecule has 1 aromatic carbocycles. The van der Waals surface area contributed by atoms with Crippen molar-refractivity contribution in [3.8, 4) is 5.75 Å². The number of benzene rings is 1. The van der Waals surface area contributed by atoms with Crippen LogP contribution in [0.4, 0.5) is 0 Å². The third-order valence-corrected chi connectivity index (χ3v) is 5.32. The van der Waals surface area contributed by atoms with Crippen LogP contribution >= 0.6 is 0 Å². The topological polar surface area (TPSA) is 55.6 Å². The van der Waals surface area contributed by atoms with Gasteiger partial charge in [-0.2, -0.15) is 0 Å². The highest BCUT2D eigenvalue weighted by atomic mass is 16.5. The molecule has 1 aromatic rings. The van der Waals surface area contributed by atoms with E-state index in [9.17, 15) is 4.79 Å². The lowest BCUT2D eigenvalue weighted by Crippen LogP contribution is -2.45. The van der Waals surface area contributed by atoms with Gasteiger partial charge in [-0.1, -0.05) is 25.1 Å². The van der Waals surface area contributed by atoms with Gasteiger partial charge in [-0.25, -0.2) is 0 Å². The van der Waals surface area contributed by atoms with Gasteiger partial charge >= 0.3 is 0 Å². The molecule has 3 rings (SSSR count). The number of ether oxygens (including phenoxy) is 1. The summed E-state index contributed by atoms with van der Waals surface area (Å²) in [6, 6.07) is 8.10. The molecule has 4 heteroatoms. The molecule has 0 bridgehead atoms. The Morgan fingerprint density at radius 3 is 2.82 bits per heavy atom. The van der Waals surface area contributed by atoms with Crippen molar-refractivity contribution in [2.75, 3.05) is 26.2 Å². The minimum atomic E-state index is 0.210. The third-order valence-electron chi connectivity index (χ3n) is 5.32. The maximum atomic E-state index is 12.6. The van der Waals surface area contributed by atoms with E-state index in [4.69, 9.17) is 10.5 Å². The number of carbonyl (C=O) groups excluding carboxylic acids is 1. The second-order valence-corrected chi connectivity index (χ2v) is 6.97. The van der Waals surface area contributed by atoms with Crippen LogP contribution < -0.4 is 10.5 Å². The van der Waals surface area contributed by atoms with E-state index in [2.05, 4.69) is 13.0 Å². The minimum absolute atomic E-state index is 0.210. The second kappa shape index (κ2) is 6.29. The largest absolute Gasteiger partial charge is 0.493 e. The van der Waals surface area contributed by atoms with Crippen molar-refractivity contribution in [3.05, 3.63) is 29.8 Å². The molecule has 1 amide bonds. The first-order chi connectivity index (χ1) is 10.6. The van der Waals surface area contributed by atoms with E-state index in [-0.39, 0.29) is 11.3 Å². The quantitative estimate of drug-likeness (QED) is 0.933. The molecule has 0 unspecified atom stereocenters. The Balaban J connectivity index is 1.62. The fourth-order valence-electron chi connectivity index (χ4n) is 3.47. The molecule has 4 nitrogen and oxygen atoms in total. The van der Waals surface area contributed by atoms with Gasteiger partial charge in [0.15, 0.2) is 0 Å². The van der Waals surface area contributed by atoms with Crippen LogP contribution in [0.2, 0.25) is 0 Å². The van der Waals surface area contributed by atoms with E-state index >= 15 is 0 Å². The Morgan fingerprint density at radius 1 is 1.36 bits per heavy atom. The number of piperidine rings is 1. The average Bonchev–Trinajstić information content (AvgIpc) is 2.56. The number of carbonyl (C=O) groups is 1. The Morgan fingerprint density at radius 2 is 2.09 bits per heavy atom. The summed E-state index contributed by atoms with van der Waals surface area (Å²) in [6.07, 6.45) is 3.55. The number of fused-ring (bicyclic) bond motifs is 1. The van der Waals surface area contributed by atoms with Crippen LogP contribution in [0.3, 0.4) is 0 Å². The molecule has 1 saturated heterocycles. The van der Waals surface area contributed by atoms with Crippen LogP contribution in [0.15, 0.2) is 24.3 Å². The van der Waals surface area contributed by atoms with Gasteiger partial charge in [-0.3, -0.25) is 4.79 Å². The zero-order chi connectivity index (χ0) is 15.6. The Hall–Kier alpha value is -1.55. The van der Waals surface area contributed by atoms with E-state index in [1.807, 2.05) is 23.1 Å². The zero-order valence-electron chi connectivity index (χ0n) is 13.4. The van der Waals surface area contributed by atoms with Crippen LogP contribution in [0.25, 0.3) is 0 Å². The van der Waals surface area contributed by atoms with Crippen molar-refractivity contribution < 1.29 is 9.53 Å². The molecule has 2 aliphatic rings. The summed E-state index contributed by atoms with van der Waals surface area (Å²) in [7, 11) is 0. The van der Waals surface area contributed by atoms with Gasteiger partial charge in [0.2, 0.25) is 5.91 Å². The SMILES string of the molecule is CC1(CN)CCN(C(=O)C[C@H]2CCOc3ccccc32)CC1. The maximum absolute atomic E-state index is 12.6. The van der Waals surface area contributed by atoms with Crippen LogP contribution in [0, 0.1) is 5.41 Å². The molecular weight excluding hydrogens is 276 g/mol. The van der Waals surface area contributed by atoms with Crippen LogP contribution in [-0.4, -0.2) is 37.0 Å². The lowest BCUT2D eigenvalue weighted by Gasteiger charge is -2.39. The maximum Gasteiger partial charge on any atom is 0.223 e. The van der Waals surface area contributed by atoms with Crippen molar-refractivity contribution in [1.29, 1.82) is 0 Å². The monoisotopic (exact) mass is 302 g/mol. The standard InChI is InChI=1S/C18H26N2O2/c1-18(13-19)7-9-20(10-8-18)17(21)12-14-6-11-22-16-5-3-2-4-15(14)16/h2-5,14H,6-13,19H2,1H3/t14-/m1/s1. The molecule has 2 aliphatic heterocycles. The normalized spacial score (nSPS) is 23.5. The number of rotatable bonds is 3. The van der Waals surface area contributed by atoms with Crippen molar-refractivity contribution in [2.45, 2.75) is 38.5 Å². The summed E-state index contributed by atoms with van der Waals surface area (Å²) >= 11 is 0. The molecule has 0 spiro atoms. The molecule has 2 N–H and O–H groups in total. The van der Waals surface area contributed by atoms with Crippen LogP contribution in [0.1, 0.15) is 44.1 Å². The van der Waals surface area contributed by atoms with Gasteiger partial charge in [-0.05, 0) is 48.8 Å². The summed E-state index contributed by atoms with van der Waals surface area (Å²) in [5.74, 6) is 1.52. The van der Waals surface area contributed by atoms with Crippen molar-refractivity contribution in [3.63, 3.8) is 0 Å². The van der Waals surface area contributed by atoms with Crippen LogP contribution in [0.5, 0.6) is 5.75 Å². The summed E-state index contributed by atoms with van der Waals surface area (Å²) in [4.78, 5) is 14.7. The number of hydrogen-bond donors (Lipinski definition) is 1. The van der Waals surface area contributed by atoms with Crippen LogP contribution in [-0.2, 0) is 4.79 Å². The average molecular weight is 302 g/mol. The molecule has 1 atom stereocenters. The molecule has 0 aliphatic carbocycles. The molecule has 0 saturated carbocycles. The third kappa shape index (κ3) is 3.12. The molecule has 120 valence electrons. The summed E-state index contributed by atoms with van der Waals surface area (Å²) in [5.41, 5.74) is 7.24. The highest BCUT2D eigenvalue weighted by Gasteiger charge is 2.32. The van der Waals surface area contributed by atoms with E-state index in [0.29, 0.717) is 25.5 Å². The second-order valence-electron chi connectivity index (χ2n) is 6.97. The number of hydrogen-bond acceptors (Lipinski definition) is 3. The molecule has 22 heavy (non-hydrogen) atoms. The molecule has 0 aromatic heterocycles. The number of nitrogens with zero attached hydrogens (tertiary/aromatic N) is 1. The van der Waals surface area contributed by atoms with Gasteiger partial charge in [0, 0.05) is 19.5 Å². The van der Waals surface area contributed by atoms with E-state index in [1.165, 1.54) is 5.56 Å². The Kier molecular flexibility index (Phi) is 4.39. The van der Waals surface area contributed by atoms with Gasteiger partial charge in [0.25, 0.3) is 0 Å². The molecule has 1 fully saturated rings. The zero-order valence-corrected chi connectivity index (χ0v) is 13.4. The fraction of sp³-hybridized carbons (Fsp3) is 0.611. The first-order valence-electron chi connectivity index (χ1n) is 8.31. The lowest BCUT2D eigenvalue weighted by molar-refractivity contribution is -0.133. The number of para-hydroxylation sites is 1. The van der Waals surface area contributed by atoms with Gasteiger partial charge in [-0.15, -0.1) is 0 Å². The van der Waals surface area contributed by atoms with E-state index in [1.54, 1.807) is 0 Å². The lowest BCUT2D eigenvalue weighted by atomic mass is 9.80. The molecular formula is C18H26N2O2. The Bertz CT molecular complexity index is 536. The van der Waals surface area contributed by atoms with Crippen molar-refractivity contribution in [2.24, 2.45) is 11.1 Å². The van der Waals surface area contributed by atoms with E-state index < -0.39 is 0 Å². The highest BCUT2D eigenvalue weighted by Crippen LogP contribution is 2.36. The Labute approximate surface area is 132 Å². The number of nitrogens with two attached hydrogens (primary N) is 1. The van der Waals surface area contributed by atoms with Gasteiger partial charge in [0.1, 0.15) is 5.75 Å². The smallest absolute Gasteiger partial charge is 0.223 e. The summed E-state index contributed by atoms with van der Waals surface area (Å²) in [5, 5.41) is 0. The predicted molar refractivity (Wildman–Crippen MR) is 86.9 cm³/mol. The highest BCUT2D eigenvalue weighted by molar-refractivity contribution is 5.77. The van der Waals surface area contributed by atoms with E-state index in [0.717, 1.165) is 38.1 Å². The first kappa shape index (κ1) is 15.3. The molecule has 2 heterocycles. The number of likely N-dealkylation sites (tertiary alicyclic amines) is 1. The van der Waals surface area contributed by atoms with Crippen molar-refractivity contribution in [1.82, 2.24) is 4.90 Å². The first-order valence-corrected chi connectivity index (χ1v) is 8.31. The number of amides is 1. The molecule has 0 radical (unpaired) electrons. The predicted octanol–water partition coefficient (Wildman–Crippen LogP) is 2.53. The van der Waals surface area contributed by atoms with Gasteiger partial charge in [0.05, 0.1) is 6.61 Å².